The predicted molar refractivity (Wildman–Crippen MR) is 85.0 cm³/mol. The maximum absolute atomic E-state index is 9.40. The van der Waals surface area contributed by atoms with Gasteiger partial charge in [0.25, 0.3) is 0 Å². The van der Waals surface area contributed by atoms with E-state index in [4.69, 9.17) is 46.4 Å². The van der Waals surface area contributed by atoms with Gasteiger partial charge in [0.05, 0.1) is 12.0 Å². The molecule has 2 rings (SSSR count). The van der Waals surface area contributed by atoms with Gasteiger partial charge in [-0.2, -0.15) is 5.26 Å². The van der Waals surface area contributed by atoms with Crippen LogP contribution in [0.1, 0.15) is 17.0 Å². The van der Waals surface area contributed by atoms with Crippen molar-refractivity contribution in [3.8, 4) is 6.07 Å². The second kappa shape index (κ2) is 6.70. The number of nitriles is 1. The molecule has 1 nitrogen and oxygen atoms in total. The average molecular weight is 345 g/mol. The maximum atomic E-state index is 9.40. The Hall–Kier alpha value is -0.910. The number of rotatable bonds is 3. The summed E-state index contributed by atoms with van der Waals surface area (Å²) >= 11 is 24.3. The van der Waals surface area contributed by atoms with E-state index in [2.05, 4.69) is 6.07 Å². The Labute approximate surface area is 137 Å². The first kappa shape index (κ1) is 15.5. The fourth-order valence-corrected chi connectivity index (χ4v) is 3.11. The van der Waals surface area contributed by atoms with E-state index >= 15 is 0 Å². The van der Waals surface area contributed by atoms with Crippen LogP contribution in [0, 0.1) is 11.3 Å². The highest BCUT2D eigenvalue weighted by Crippen LogP contribution is 2.34. The first-order valence-corrected chi connectivity index (χ1v) is 7.31. The van der Waals surface area contributed by atoms with Crippen molar-refractivity contribution >= 4 is 46.4 Å². The molecular weight excluding hydrogens is 336 g/mol. The van der Waals surface area contributed by atoms with Crippen LogP contribution in [-0.2, 0) is 6.42 Å². The molecule has 5 heteroatoms. The Bertz CT molecular complexity index is 656. The second-order valence-corrected chi connectivity index (χ2v) is 5.91. The van der Waals surface area contributed by atoms with E-state index < -0.39 is 5.92 Å². The normalized spacial score (nSPS) is 11.9. The molecule has 0 fully saturated rings. The first-order chi connectivity index (χ1) is 9.52. The van der Waals surface area contributed by atoms with Gasteiger partial charge in [-0.15, -0.1) is 0 Å². The minimum Gasteiger partial charge on any atom is -0.198 e. The molecule has 0 aliphatic carbocycles. The summed E-state index contributed by atoms with van der Waals surface area (Å²) in [4.78, 5) is 0. The van der Waals surface area contributed by atoms with Crippen LogP contribution in [0.4, 0.5) is 0 Å². The summed E-state index contributed by atoms with van der Waals surface area (Å²) in [6, 6.07) is 12.6. The van der Waals surface area contributed by atoms with E-state index in [1.165, 1.54) is 0 Å². The molecule has 0 aliphatic heterocycles. The molecule has 0 bridgehead atoms. The van der Waals surface area contributed by atoms with Crippen LogP contribution >= 0.6 is 46.4 Å². The molecular formula is C15H9Cl4N. The summed E-state index contributed by atoms with van der Waals surface area (Å²) in [5.41, 5.74) is 1.46. The molecule has 0 saturated carbocycles. The van der Waals surface area contributed by atoms with Crippen molar-refractivity contribution in [1.29, 1.82) is 5.26 Å². The highest BCUT2D eigenvalue weighted by atomic mass is 35.5. The van der Waals surface area contributed by atoms with Crippen LogP contribution in [-0.4, -0.2) is 0 Å². The molecule has 0 aliphatic rings. The zero-order chi connectivity index (χ0) is 14.7. The highest BCUT2D eigenvalue weighted by Gasteiger charge is 2.19. The van der Waals surface area contributed by atoms with Crippen LogP contribution in [0.25, 0.3) is 0 Å². The van der Waals surface area contributed by atoms with Gasteiger partial charge >= 0.3 is 0 Å². The van der Waals surface area contributed by atoms with Gasteiger partial charge in [0.1, 0.15) is 0 Å². The summed E-state index contributed by atoms with van der Waals surface area (Å²) in [5, 5.41) is 11.4. The lowest BCUT2D eigenvalue weighted by molar-refractivity contribution is 0.850. The lowest BCUT2D eigenvalue weighted by Crippen LogP contribution is -2.03. The molecule has 2 aromatic carbocycles. The monoisotopic (exact) mass is 343 g/mol. The summed E-state index contributed by atoms with van der Waals surface area (Å²) in [6.07, 6.45) is 0.427. The third-order valence-corrected chi connectivity index (χ3v) is 4.19. The van der Waals surface area contributed by atoms with Crippen molar-refractivity contribution in [2.75, 3.05) is 0 Å². The standard InChI is InChI=1S/C15H9Cl4N/c16-11-5-4-9(14(19)7-11)6-10(8-20)15-12(17)2-1-3-13(15)18/h1-5,7,10H,6H2/t10-/m0/s1. The average Bonchev–Trinajstić information content (AvgIpc) is 2.39. The van der Waals surface area contributed by atoms with Crippen molar-refractivity contribution in [3.05, 3.63) is 67.6 Å². The van der Waals surface area contributed by atoms with Gasteiger partial charge in [-0.25, -0.2) is 0 Å². The number of halogens is 4. The summed E-state index contributed by atoms with van der Waals surface area (Å²) in [6.45, 7) is 0. The van der Waals surface area contributed by atoms with Crippen LogP contribution in [0.2, 0.25) is 20.1 Å². The van der Waals surface area contributed by atoms with Gasteiger partial charge < -0.3 is 0 Å². The maximum Gasteiger partial charge on any atom is 0.0782 e. The molecule has 0 N–H and O–H groups in total. The molecule has 0 amide bonds. The number of benzene rings is 2. The summed E-state index contributed by atoms with van der Waals surface area (Å²) in [7, 11) is 0. The van der Waals surface area contributed by atoms with Crippen molar-refractivity contribution < 1.29 is 0 Å². The Morgan fingerprint density at radius 2 is 1.60 bits per heavy atom. The summed E-state index contributed by atoms with van der Waals surface area (Å²) in [5.74, 6) is -0.463. The Kier molecular flexibility index (Phi) is 5.18. The molecule has 0 aromatic heterocycles. The Balaban J connectivity index is 2.37. The number of hydrogen-bond donors (Lipinski definition) is 0. The largest absolute Gasteiger partial charge is 0.198 e. The lowest BCUT2D eigenvalue weighted by Gasteiger charge is -2.14. The van der Waals surface area contributed by atoms with Gasteiger partial charge in [0.2, 0.25) is 0 Å². The first-order valence-electron chi connectivity index (χ1n) is 5.80. The van der Waals surface area contributed by atoms with Crippen molar-refractivity contribution in [2.45, 2.75) is 12.3 Å². The summed E-state index contributed by atoms with van der Waals surface area (Å²) < 4.78 is 0. The van der Waals surface area contributed by atoms with Crippen LogP contribution in [0.3, 0.4) is 0 Å². The quantitative estimate of drug-likeness (QED) is 0.655. The SMILES string of the molecule is N#C[C@H](Cc1ccc(Cl)cc1Cl)c1c(Cl)cccc1Cl. The van der Waals surface area contributed by atoms with Crippen LogP contribution < -0.4 is 0 Å². The predicted octanol–water partition coefficient (Wildman–Crippen LogP) is 6.15. The second-order valence-electron chi connectivity index (χ2n) is 4.26. The zero-order valence-corrected chi connectivity index (χ0v) is 13.2. The van der Waals surface area contributed by atoms with Gasteiger partial charge in [0.15, 0.2) is 0 Å². The zero-order valence-electron chi connectivity index (χ0n) is 10.2. The van der Waals surface area contributed by atoms with Crippen LogP contribution in [0.15, 0.2) is 36.4 Å². The molecule has 1 atom stereocenters. The fourth-order valence-electron chi connectivity index (χ4n) is 1.96. The molecule has 0 heterocycles. The molecule has 0 unspecified atom stereocenters. The number of hydrogen-bond acceptors (Lipinski definition) is 1. The third kappa shape index (κ3) is 3.40. The fraction of sp³-hybridized carbons (Fsp3) is 0.133. The smallest absolute Gasteiger partial charge is 0.0782 e. The third-order valence-electron chi connectivity index (χ3n) is 2.94. The van der Waals surface area contributed by atoms with E-state index in [1.807, 2.05) is 0 Å². The van der Waals surface area contributed by atoms with Crippen molar-refractivity contribution in [3.63, 3.8) is 0 Å². The molecule has 0 saturated heterocycles. The van der Waals surface area contributed by atoms with Gasteiger partial charge in [-0.1, -0.05) is 58.5 Å². The molecule has 0 spiro atoms. The topological polar surface area (TPSA) is 23.8 Å². The minimum atomic E-state index is -0.463. The molecule has 20 heavy (non-hydrogen) atoms. The minimum absolute atomic E-state index is 0.427. The van der Waals surface area contributed by atoms with Gasteiger partial charge in [-0.3, -0.25) is 0 Å². The molecule has 0 radical (unpaired) electrons. The van der Waals surface area contributed by atoms with E-state index in [0.29, 0.717) is 32.1 Å². The highest BCUT2D eigenvalue weighted by molar-refractivity contribution is 6.36. The lowest BCUT2D eigenvalue weighted by atomic mass is 9.93. The van der Waals surface area contributed by atoms with E-state index in [-0.39, 0.29) is 0 Å². The van der Waals surface area contributed by atoms with Crippen LogP contribution in [0.5, 0.6) is 0 Å². The molecule has 2 aromatic rings. The van der Waals surface area contributed by atoms with Crippen molar-refractivity contribution in [2.24, 2.45) is 0 Å². The van der Waals surface area contributed by atoms with Gasteiger partial charge in [0, 0.05) is 25.7 Å². The Morgan fingerprint density at radius 3 is 2.15 bits per heavy atom. The van der Waals surface area contributed by atoms with Crippen molar-refractivity contribution in [1.82, 2.24) is 0 Å². The van der Waals surface area contributed by atoms with E-state index in [1.54, 1.807) is 36.4 Å². The van der Waals surface area contributed by atoms with E-state index in [9.17, 15) is 5.26 Å². The number of nitrogens with zero attached hydrogens (tertiary/aromatic N) is 1. The Morgan fingerprint density at radius 1 is 0.950 bits per heavy atom. The van der Waals surface area contributed by atoms with E-state index in [0.717, 1.165) is 5.56 Å². The van der Waals surface area contributed by atoms with Gasteiger partial charge in [-0.05, 0) is 36.2 Å². The molecule has 102 valence electrons.